The van der Waals surface area contributed by atoms with Gasteiger partial charge in [0.2, 0.25) is 5.95 Å². The number of aryl methyl sites for hydroxylation is 1. The molecule has 0 unspecified atom stereocenters. The van der Waals surface area contributed by atoms with Crippen LogP contribution in [0, 0.1) is 0 Å². The Hall–Kier alpha value is -1.52. The van der Waals surface area contributed by atoms with E-state index in [9.17, 15) is 17.2 Å². The standard InChI is InChI=1S/C10H9Cl2F2N5O2S/c1-10(13,14)6-7(11)16-9(17-8(6)12)18-22(20,21)5-3-15-19(2)4-5/h3-4H,1-2H3,(H,16,17,18). The number of anilines is 1. The molecule has 0 aliphatic rings. The van der Waals surface area contributed by atoms with Crippen molar-refractivity contribution in [2.75, 3.05) is 4.72 Å². The highest BCUT2D eigenvalue weighted by atomic mass is 35.5. The van der Waals surface area contributed by atoms with Gasteiger partial charge in [-0.3, -0.25) is 4.68 Å². The minimum absolute atomic E-state index is 0.157. The van der Waals surface area contributed by atoms with Crippen LogP contribution >= 0.6 is 23.2 Å². The van der Waals surface area contributed by atoms with Crippen LogP contribution in [-0.4, -0.2) is 28.2 Å². The maximum atomic E-state index is 13.3. The van der Waals surface area contributed by atoms with Gasteiger partial charge in [0.1, 0.15) is 15.2 Å². The predicted molar refractivity (Wildman–Crippen MR) is 75.6 cm³/mol. The number of alkyl halides is 2. The van der Waals surface area contributed by atoms with E-state index in [2.05, 4.69) is 15.1 Å². The molecule has 0 saturated carbocycles. The van der Waals surface area contributed by atoms with Crippen LogP contribution < -0.4 is 4.72 Å². The van der Waals surface area contributed by atoms with Gasteiger partial charge in [0.05, 0.1) is 11.8 Å². The van der Waals surface area contributed by atoms with E-state index in [4.69, 9.17) is 23.2 Å². The Morgan fingerprint density at radius 1 is 1.27 bits per heavy atom. The molecule has 2 heterocycles. The molecular weight excluding hydrogens is 363 g/mol. The molecule has 2 rings (SSSR count). The SMILES string of the molecule is Cn1cc(S(=O)(=O)Nc2nc(Cl)c(C(C)(F)F)c(Cl)n2)cn1. The first-order valence-corrected chi connectivity index (χ1v) is 7.87. The Balaban J connectivity index is 2.40. The summed E-state index contributed by atoms with van der Waals surface area (Å²) in [7, 11) is -2.51. The van der Waals surface area contributed by atoms with Gasteiger partial charge in [-0.1, -0.05) is 23.2 Å². The van der Waals surface area contributed by atoms with Crippen LogP contribution in [0.1, 0.15) is 12.5 Å². The largest absolute Gasteiger partial charge is 0.276 e. The Bertz CT molecular complexity index is 796. The van der Waals surface area contributed by atoms with Gasteiger partial charge in [-0.05, 0) is 0 Å². The van der Waals surface area contributed by atoms with Crippen LogP contribution in [0.5, 0.6) is 0 Å². The molecule has 0 fully saturated rings. The average Bonchev–Trinajstić information content (AvgIpc) is 2.72. The summed E-state index contributed by atoms with van der Waals surface area (Å²) in [6.07, 6.45) is 2.33. The molecule has 0 bridgehead atoms. The van der Waals surface area contributed by atoms with Crippen molar-refractivity contribution < 1.29 is 17.2 Å². The van der Waals surface area contributed by atoms with Gasteiger partial charge in [0.25, 0.3) is 15.9 Å². The molecule has 0 radical (unpaired) electrons. The number of nitrogens with one attached hydrogen (secondary N) is 1. The molecule has 0 spiro atoms. The van der Waals surface area contributed by atoms with Gasteiger partial charge in [0, 0.05) is 20.2 Å². The molecule has 7 nitrogen and oxygen atoms in total. The van der Waals surface area contributed by atoms with Crippen molar-refractivity contribution in [2.45, 2.75) is 17.7 Å². The molecule has 22 heavy (non-hydrogen) atoms. The number of hydrogen-bond donors (Lipinski definition) is 1. The summed E-state index contributed by atoms with van der Waals surface area (Å²) >= 11 is 11.3. The molecule has 0 aromatic carbocycles. The molecule has 0 saturated heterocycles. The summed E-state index contributed by atoms with van der Waals surface area (Å²) in [6, 6.07) is 0. The second kappa shape index (κ2) is 5.60. The third kappa shape index (κ3) is 3.45. The van der Waals surface area contributed by atoms with Crippen LogP contribution in [0.3, 0.4) is 0 Å². The maximum Gasteiger partial charge on any atom is 0.276 e. The molecule has 0 amide bonds. The quantitative estimate of drug-likeness (QED) is 0.833. The molecule has 0 atom stereocenters. The number of aromatic nitrogens is 4. The molecule has 120 valence electrons. The summed E-state index contributed by atoms with van der Waals surface area (Å²) in [5, 5.41) is 2.43. The molecular formula is C10H9Cl2F2N5O2S. The lowest BCUT2D eigenvalue weighted by Crippen LogP contribution is -2.17. The zero-order valence-electron chi connectivity index (χ0n) is 11.2. The first-order valence-electron chi connectivity index (χ1n) is 5.63. The van der Waals surface area contributed by atoms with Gasteiger partial charge in [-0.15, -0.1) is 0 Å². The topological polar surface area (TPSA) is 89.8 Å². The van der Waals surface area contributed by atoms with E-state index in [1.807, 2.05) is 4.72 Å². The van der Waals surface area contributed by atoms with Crippen LogP contribution in [-0.2, 0) is 23.0 Å². The van der Waals surface area contributed by atoms with Crippen LogP contribution in [0.2, 0.25) is 10.3 Å². The fourth-order valence-corrected chi connectivity index (χ4v) is 3.18. The highest BCUT2D eigenvalue weighted by Crippen LogP contribution is 2.36. The van der Waals surface area contributed by atoms with E-state index in [0.717, 1.165) is 6.20 Å². The molecule has 1 N–H and O–H groups in total. The highest BCUT2D eigenvalue weighted by molar-refractivity contribution is 7.92. The first kappa shape index (κ1) is 16.8. The molecule has 0 aliphatic carbocycles. The van der Waals surface area contributed by atoms with Gasteiger partial charge < -0.3 is 0 Å². The second-order valence-corrected chi connectivity index (χ2v) is 6.75. The summed E-state index contributed by atoms with van der Waals surface area (Å²) in [6.45, 7) is 0.572. The fourth-order valence-electron chi connectivity index (χ4n) is 1.53. The Kier molecular flexibility index (Phi) is 4.28. The second-order valence-electron chi connectivity index (χ2n) is 4.35. The Morgan fingerprint density at radius 2 is 1.82 bits per heavy atom. The van der Waals surface area contributed by atoms with Crippen molar-refractivity contribution in [3.8, 4) is 0 Å². The van der Waals surface area contributed by atoms with E-state index in [1.54, 1.807) is 0 Å². The third-order valence-corrected chi connectivity index (χ3v) is 4.31. The number of sulfonamides is 1. The molecule has 12 heteroatoms. The van der Waals surface area contributed by atoms with E-state index in [-0.39, 0.29) is 4.90 Å². The maximum absolute atomic E-state index is 13.3. The minimum atomic E-state index is -4.04. The van der Waals surface area contributed by atoms with Crippen molar-refractivity contribution in [3.05, 3.63) is 28.3 Å². The third-order valence-electron chi connectivity index (χ3n) is 2.48. The molecule has 2 aromatic heterocycles. The lowest BCUT2D eigenvalue weighted by atomic mass is 10.2. The van der Waals surface area contributed by atoms with Crippen molar-refractivity contribution in [2.24, 2.45) is 7.05 Å². The number of nitrogens with zero attached hydrogens (tertiary/aromatic N) is 4. The number of rotatable bonds is 4. The van der Waals surface area contributed by atoms with Crippen molar-refractivity contribution >= 4 is 39.2 Å². The summed E-state index contributed by atoms with van der Waals surface area (Å²) in [5.41, 5.74) is -0.778. The Labute approximate surface area is 134 Å². The van der Waals surface area contributed by atoms with Crippen LogP contribution in [0.15, 0.2) is 17.3 Å². The molecule has 0 aliphatic heterocycles. The van der Waals surface area contributed by atoms with Gasteiger partial charge in [-0.25, -0.2) is 21.9 Å². The fraction of sp³-hybridized carbons (Fsp3) is 0.300. The van der Waals surface area contributed by atoms with Crippen LogP contribution in [0.25, 0.3) is 0 Å². The van der Waals surface area contributed by atoms with Gasteiger partial charge in [-0.2, -0.15) is 15.1 Å². The van der Waals surface area contributed by atoms with Gasteiger partial charge in [0.15, 0.2) is 0 Å². The zero-order chi connectivity index (χ0) is 16.7. The van der Waals surface area contributed by atoms with Crippen LogP contribution in [0.4, 0.5) is 14.7 Å². The van der Waals surface area contributed by atoms with Crippen molar-refractivity contribution in [1.82, 2.24) is 19.7 Å². The van der Waals surface area contributed by atoms with Crippen molar-refractivity contribution in [3.63, 3.8) is 0 Å². The number of halogens is 4. The lowest BCUT2D eigenvalue weighted by Gasteiger charge is -2.14. The van der Waals surface area contributed by atoms with E-state index >= 15 is 0 Å². The first-order chi connectivity index (χ1) is 10.0. The summed E-state index contributed by atoms with van der Waals surface area (Å²) in [4.78, 5) is 6.82. The molecule has 2 aromatic rings. The van der Waals surface area contributed by atoms with Gasteiger partial charge >= 0.3 is 0 Å². The van der Waals surface area contributed by atoms with E-state index in [1.165, 1.54) is 17.9 Å². The summed E-state index contributed by atoms with van der Waals surface area (Å²) in [5.74, 6) is -3.89. The monoisotopic (exact) mass is 371 g/mol. The average molecular weight is 372 g/mol. The predicted octanol–water partition coefficient (Wildman–Crippen LogP) is 2.43. The normalized spacial score (nSPS) is 12.5. The smallest absolute Gasteiger partial charge is 0.274 e. The minimum Gasteiger partial charge on any atom is -0.274 e. The van der Waals surface area contributed by atoms with Crippen molar-refractivity contribution in [1.29, 1.82) is 0 Å². The number of hydrogen-bond acceptors (Lipinski definition) is 5. The van der Waals surface area contributed by atoms with E-state index < -0.39 is 37.8 Å². The highest BCUT2D eigenvalue weighted by Gasteiger charge is 2.33. The Morgan fingerprint density at radius 3 is 2.23 bits per heavy atom. The lowest BCUT2D eigenvalue weighted by molar-refractivity contribution is 0.0170. The summed E-state index contributed by atoms with van der Waals surface area (Å²) < 4.78 is 54.0. The zero-order valence-corrected chi connectivity index (χ0v) is 13.5. The van der Waals surface area contributed by atoms with E-state index in [0.29, 0.717) is 6.92 Å².